The van der Waals surface area contributed by atoms with Crippen molar-refractivity contribution in [2.75, 3.05) is 0 Å². The van der Waals surface area contributed by atoms with E-state index < -0.39 is 0 Å². The number of alkyl halides is 1. The van der Waals surface area contributed by atoms with Crippen LogP contribution in [0.5, 0.6) is 0 Å². The Hall–Kier alpha value is 0.730. The topological polar surface area (TPSA) is 0 Å². The van der Waals surface area contributed by atoms with Gasteiger partial charge in [0.15, 0.2) is 0 Å². The molecule has 40 valence electrons. The third-order valence-electron chi connectivity index (χ3n) is 2.41. The van der Waals surface area contributed by atoms with Gasteiger partial charge in [0.05, 0.1) is 0 Å². The lowest BCUT2D eigenvalue weighted by Gasteiger charge is -2.30. The third-order valence-corrected chi connectivity index (χ3v) is 4.45. The molecule has 3 saturated carbocycles. The van der Waals surface area contributed by atoms with Crippen LogP contribution in [0, 0.1) is 11.8 Å². The molecule has 2 atom stereocenters. The average Bonchev–Trinajstić information content (AvgIpc) is 2.18. The van der Waals surface area contributed by atoms with Gasteiger partial charge in [0, 0.05) is 3.92 Å². The highest BCUT2D eigenvalue weighted by Crippen LogP contribution is 2.52. The van der Waals surface area contributed by atoms with E-state index in [-0.39, 0.29) is 0 Å². The predicted octanol–water partition coefficient (Wildman–Crippen LogP) is 2.22. The molecule has 0 spiro atoms. The van der Waals surface area contributed by atoms with E-state index in [4.69, 9.17) is 0 Å². The maximum atomic E-state index is 2.61. The number of halogens is 1. The first-order chi connectivity index (χ1) is 3.38. The lowest BCUT2D eigenvalue weighted by atomic mass is 9.85. The normalized spacial score (nSPS) is 57.0. The molecule has 0 heterocycles. The van der Waals surface area contributed by atoms with Crippen LogP contribution >= 0.6 is 22.6 Å². The summed E-state index contributed by atoms with van der Waals surface area (Å²) in [5, 5.41) is 0. The van der Waals surface area contributed by atoms with Crippen LogP contribution in [0.15, 0.2) is 0 Å². The first-order valence-corrected chi connectivity index (χ1v) is 4.26. The molecule has 1 heteroatoms. The Morgan fingerprint density at radius 2 is 1.71 bits per heavy atom. The van der Waals surface area contributed by atoms with Crippen LogP contribution in [0.2, 0.25) is 0 Å². The summed E-state index contributed by atoms with van der Waals surface area (Å²) < 4.78 is 1.08. The van der Waals surface area contributed by atoms with Crippen LogP contribution in [0.25, 0.3) is 0 Å². The summed E-state index contributed by atoms with van der Waals surface area (Å²) in [6.45, 7) is 0. The van der Waals surface area contributed by atoms with E-state index in [1.54, 1.807) is 6.42 Å². The zero-order valence-electron chi connectivity index (χ0n) is 4.23. The molecule has 0 aromatic heterocycles. The Kier molecular flexibility index (Phi) is 0.895. The molecule has 0 N–H and O–H groups in total. The number of rotatable bonds is 0. The summed E-state index contributed by atoms with van der Waals surface area (Å²) in [4.78, 5) is 0. The van der Waals surface area contributed by atoms with Gasteiger partial charge in [0.25, 0.3) is 0 Å². The van der Waals surface area contributed by atoms with E-state index in [1.165, 1.54) is 12.8 Å². The van der Waals surface area contributed by atoms with Crippen molar-refractivity contribution >= 4 is 22.6 Å². The lowest BCUT2D eigenvalue weighted by Crippen LogP contribution is -2.27. The fourth-order valence-electron chi connectivity index (χ4n) is 1.82. The van der Waals surface area contributed by atoms with Crippen molar-refractivity contribution in [2.45, 2.75) is 23.2 Å². The summed E-state index contributed by atoms with van der Waals surface area (Å²) in [6, 6.07) is 0. The van der Waals surface area contributed by atoms with Crippen molar-refractivity contribution in [3.8, 4) is 0 Å². The Balaban J connectivity index is 2.14. The van der Waals surface area contributed by atoms with Gasteiger partial charge in [0.2, 0.25) is 0 Å². The van der Waals surface area contributed by atoms with Gasteiger partial charge in [-0.1, -0.05) is 22.6 Å². The minimum absolute atomic E-state index is 1.08. The quantitative estimate of drug-likeness (QED) is 0.423. The van der Waals surface area contributed by atoms with E-state index in [9.17, 15) is 0 Å². The number of hydrogen-bond acceptors (Lipinski definition) is 0. The molecule has 0 radical (unpaired) electrons. The summed E-state index contributed by atoms with van der Waals surface area (Å²) in [5.74, 6) is 2.29. The second-order valence-corrected chi connectivity index (χ2v) is 4.22. The Labute approximate surface area is 57.8 Å². The Morgan fingerprint density at radius 1 is 1.14 bits per heavy atom. The van der Waals surface area contributed by atoms with Gasteiger partial charge < -0.3 is 0 Å². The molecular weight excluding hydrogens is 199 g/mol. The Bertz CT molecular complexity index is 76.2. The second-order valence-electron chi connectivity index (χ2n) is 2.78. The molecule has 3 rings (SSSR count). The molecule has 0 aromatic carbocycles. The third kappa shape index (κ3) is 0.479. The highest BCUT2D eigenvalue weighted by molar-refractivity contribution is 14.1. The van der Waals surface area contributed by atoms with Crippen molar-refractivity contribution < 1.29 is 0 Å². The zero-order chi connectivity index (χ0) is 4.85. The van der Waals surface area contributed by atoms with Gasteiger partial charge in [-0.3, -0.25) is 0 Å². The zero-order valence-corrected chi connectivity index (χ0v) is 6.39. The highest BCUT2D eigenvalue weighted by atomic mass is 127. The average molecular weight is 208 g/mol. The molecule has 3 fully saturated rings. The molecule has 0 nitrogen and oxygen atoms in total. The molecule has 2 bridgehead atoms. The molecule has 0 aromatic rings. The van der Waals surface area contributed by atoms with Gasteiger partial charge in [-0.2, -0.15) is 0 Å². The van der Waals surface area contributed by atoms with Gasteiger partial charge in [-0.25, -0.2) is 0 Å². The summed E-state index contributed by atoms with van der Waals surface area (Å²) in [5.41, 5.74) is 0. The van der Waals surface area contributed by atoms with Crippen molar-refractivity contribution in [1.82, 2.24) is 0 Å². The van der Waals surface area contributed by atoms with Crippen LogP contribution in [0.4, 0.5) is 0 Å². The highest BCUT2D eigenvalue weighted by Gasteiger charge is 2.44. The monoisotopic (exact) mass is 208 g/mol. The number of hydrogen-bond donors (Lipinski definition) is 0. The van der Waals surface area contributed by atoms with Crippen molar-refractivity contribution in [1.29, 1.82) is 0 Å². The smallest absolute Gasteiger partial charge is 0.0166 e. The molecule has 2 unspecified atom stereocenters. The van der Waals surface area contributed by atoms with Crippen molar-refractivity contribution in [3.63, 3.8) is 0 Å². The summed E-state index contributed by atoms with van der Waals surface area (Å²) in [6.07, 6.45) is 4.64. The molecule has 0 aliphatic heterocycles. The first kappa shape index (κ1) is 4.59. The fourth-order valence-corrected chi connectivity index (χ4v) is 3.13. The van der Waals surface area contributed by atoms with E-state index in [2.05, 4.69) is 22.6 Å². The molecule has 7 heavy (non-hydrogen) atoms. The van der Waals surface area contributed by atoms with Gasteiger partial charge >= 0.3 is 0 Å². The minimum Gasteiger partial charge on any atom is -0.0820 e. The molecular formula is C6H9I. The maximum absolute atomic E-state index is 2.61. The van der Waals surface area contributed by atoms with Gasteiger partial charge in [-0.05, 0) is 31.1 Å². The second kappa shape index (κ2) is 1.36. The van der Waals surface area contributed by atoms with E-state index in [1.807, 2.05) is 0 Å². The van der Waals surface area contributed by atoms with Crippen LogP contribution in [-0.4, -0.2) is 3.92 Å². The SMILES string of the molecule is IC1C2CCC1C2. The van der Waals surface area contributed by atoms with Gasteiger partial charge in [-0.15, -0.1) is 0 Å². The van der Waals surface area contributed by atoms with E-state index in [0.717, 1.165) is 15.8 Å². The van der Waals surface area contributed by atoms with Crippen molar-refractivity contribution in [2.24, 2.45) is 11.8 Å². The van der Waals surface area contributed by atoms with Crippen LogP contribution in [0.3, 0.4) is 0 Å². The minimum atomic E-state index is 1.08. The van der Waals surface area contributed by atoms with E-state index in [0.29, 0.717) is 0 Å². The largest absolute Gasteiger partial charge is 0.0820 e. The van der Waals surface area contributed by atoms with Crippen LogP contribution < -0.4 is 0 Å². The maximum Gasteiger partial charge on any atom is 0.0166 e. The molecule has 3 aliphatic rings. The van der Waals surface area contributed by atoms with E-state index >= 15 is 0 Å². The van der Waals surface area contributed by atoms with Gasteiger partial charge in [0.1, 0.15) is 0 Å². The standard InChI is InChI=1S/C6H9I/c7-6-4-1-2-5(6)3-4/h4-6H,1-3H2. The first-order valence-electron chi connectivity index (χ1n) is 3.02. The molecule has 0 amide bonds. The van der Waals surface area contributed by atoms with Crippen LogP contribution in [-0.2, 0) is 0 Å². The van der Waals surface area contributed by atoms with Crippen molar-refractivity contribution in [3.05, 3.63) is 0 Å². The van der Waals surface area contributed by atoms with Crippen LogP contribution in [0.1, 0.15) is 19.3 Å². The Morgan fingerprint density at radius 3 is 1.86 bits per heavy atom. The lowest BCUT2D eigenvalue weighted by molar-refractivity contribution is 0.336. The molecule has 3 aliphatic carbocycles. The summed E-state index contributed by atoms with van der Waals surface area (Å²) in [7, 11) is 0. The fraction of sp³-hybridized carbons (Fsp3) is 1.00. The number of fused-ring (bicyclic) bond motifs is 1. The summed E-state index contributed by atoms with van der Waals surface area (Å²) >= 11 is 2.61. The predicted molar refractivity (Wildman–Crippen MR) is 38.6 cm³/mol. The molecule has 0 saturated heterocycles.